The second kappa shape index (κ2) is 6.48. The quantitative estimate of drug-likeness (QED) is 0.670. The number of hydrogen-bond acceptors (Lipinski definition) is 5. The van der Waals surface area contributed by atoms with Crippen molar-refractivity contribution in [2.45, 2.75) is 23.6 Å². The van der Waals surface area contributed by atoms with E-state index < -0.39 is 10.0 Å². The van der Waals surface area contributed by atoms with Crippen LogP contribution in [0.1, 0.15) is 13.3 Å². The van der Waals surface area contributed by atoms with Crippen LogP contribution in [-0.4, -0.2) is 42.7 Å². The predicted octanol–water partition coefficient (Wildman–Crippen LogP) is 1.18. The molecule has 0 spiro atoms. The minimum absolute atomic E-state index is 0.0360. The third kappa shape index (κ3) is 3.45. The van der Waals surface area contributed by atoms with Crippen LogP contribution in [-0.2, 0) is 10.0 Å². The molecule has 1 aliphatic heterocycles. The number of rotatable bonds is 4. The SMILES string of the molecule is CC#CCOc1ccc(S(=O)(=O)N2CCC(S)C2)nc1. The summed E-state index contributed by atoms with van der Waals surface area (Å²) in [6.45, 7) is 2.90. The first-order valence-corrected chi connectivity index (χ1v) is 8.16. The van der Waals surface area contributed by atoms with Gasteiger partial charge in [-0.3, -0.25) is 0 Å². The zero-order valence-electron chi connectivity index (χ0n) is 11.1. The van der Waals surface area contributed by atoms with Crippen molar-refractivity contribution >= 4 is 22.7 Å². The molecule has 2 heterocycles. The Bertz CT molecular complexity index is 617. The summed E-state index contributed by atoms with van der Waals surface area (Å²) >= 11 is 4.30. The standard InChI is InChI=1S/C13H16N2O3S2/c1-2-3-8-18-11-4-5-13(14-9-11)20(16,17)15-7-6-12(19)10-15/h4-5,9,12,19H,6-8,10H2,1H3. The van der Waals surface area contributed by atoms with Gasteiger partial charge >= 0.3 is 0 Å². The van der Waals surface area contributed by atoms with Crippen molar-refractivity contribution < 1.29 is 13.2 Å². The molecule has 1 saturated heterocycles. The minimum atomic E-state index is -3.52. The second-order valence-corrected chi connectivity index (χ2v) is 6.97. The van der Waals surface area contributed by atoms with Crippen LogP contribution < -0.4 is 4.74 Å². The monoisotopic (exact) mass is 312 g/mol. The highest BCUT2D eigenvalue weighted by molar-refractivity contribution is 7.89. The van der Waals surface area contributed by atoms with E-state index in [4.69, 9.17) is 4.74 Å². The van der Waals surface area contributed by atoms with Crippen LogP contribution in [0.15, 0.2) is 23.4 Å². The van der Waals surface area contributed by atoms with E-state index in [1.807, 2.05) is 0 Å². The molecule has 1 aromatic rings. The summed E-state index contributed by atoms with van der Waals surface area (Å²) < 4.78 is 31.3. The molecule has 0 aromatic carbocycles. The molecule has 1 aromatic heterocycles. The highest BCUT2D eigenvalue weighted by atomic mass is 32.2. The number of ether oxygens (including phenoxy) is 1. The van der Waals surface area contributed by atoms with Gasteiger partial charge in [-0.2, -0.15) is 16.9 Å². The summed E-state index contributed by atoms with van der Waals surface area (Å²) in [6, 6.07) is 3.04. The Labute approximate surface area is 124 Å². The average Bonchev–Trinajstić information content (AvgIpc) is 2.87. The third-order valence-corrected chi connectivity index (χ3v) is 5.13. The molecule has 0 aliphatic carbocycles. The molecule has 0 bridgehead atoms. The van der Waals surface area contributed by atoms with Crippen molar-refractivity contribution in [2.24, 2.45) is 0 Å². The van der Waals surface area contributed by atoms with E-state index in [9.17, 15) is 8.42 Å². The summed E-state index contributed by atoms with van der Waals surface area (Å²) in [6.07, 6.45) is 2.16. The van der Waals surface area contributed by atoms with Crippen molar-refractivity contribution in [3.8, 4) is 17.6 Å². The predicted molar refractivity (Wildman–Crippen MR) is 79.3 cm³/mol. The van der Waals surface area contributed by atoms with Gasteiger partial charge in [0.15, 0.2) is 5.03 Å². The van der Waals surface area contributed by atoms with Gasteiger partial charge < -0.3 is 4.74 Å². The third-order valence-electron chi connectivity index (χ3n) is 2.93. The molecule has 1 aliphatic rings. The van der Waals surface area contributed by atoms with Gasteiger partial charge in [-0.25, -0.2) is 13.4 Å². The number of pyridine rings is 1. The fourth-order valence-electron chi connectivity index (χ4n) is 1.86. The summed E-state index contributed by atoms with van der Waals surface area (Å²) in [5.74, 6) is 5.97. The molecule has 1 unspecified atom stereocenters. The molecular formula is C13H16N2O3S2. The van der Waals surface area contributed by atoms with E-state index in [1.54, 1.807) is 13.0 Å². The summed E-state index contributed by atoms with van der Waals surface area (Å²) in [4.78, 5) is 3.97. The number of hydrogen-bond donors (Lipinski definition) is 1. The van der Waals surface area contributed by atoms with Gasteiger partial charge in [-0.05, 0) is 25.5 Å². The Morgan fingerprint density at radius 1 is 1.55 bits per heavy atom. The lowest BCUT2D eigenvalue weighted by Gasteiger charge is -2.15. The maximum Gasteiger partial charge on any atom is 0.260 e. The molecule has 5 nitrogen and oxygen atoms in total. The zero-order chi connectivity index (χ0) is 14.6. The number of nitrogens with zero attached hydrogens (tertiary/aromatic N) is 2. The molecule has 7 heteroatoms. The summed E-state index contributed by atoms with van der Waals surface area (Å²) in [7, 11) is -3.52. The lowest BCUT2D eigenvalue weighted by molar-refractivity contribution is 0.367. The molecule has 0 amide bonds. The molecule has 108 valence electrons. The second-order valence-electron chi connectivity index (χ2n) is 4.35. The summed E-state index contributed by atoms with van der Waals surface area (Å²) in [5, 5.41) is 0.133. The van der Waals surface area contributed by atoms with Gasteiger partial charge in [0.05, 0.1) is 6.20 Å². The lowest BCUT2D eigenvalue weighted by atomic mass is 10.4. The smallest absolute Gasteiger partial charge is 0.260 e. The number of thiol groups is 1. The van der Waals surface area contributed by atoms with Gasteiger partial charge in [0, 0.05) is 18.3 Å². The van der Waals surface area contributed by atoms with Crippen LogP contribution in [0.3, 0.4) is 0 Å². The van der Waals surface area contributed by atoms with E-state index in [0.29, 0.717) is 18.8 Å². The van der Waals surface area contributed by atoms with E-state index in [0.717, 1.165) is 6.42 Å². The van der Waals surface area contributed by atoms with Crippen LogP contribution in [0.4, 0.5) is 0 Å². The summed E-state index contributed by atoms with van der Waals surface area (Å²) in [5.41, 5.74) is 0. The van der Waals surface area contributed by atoms with Crippen LogP contribution in [0.2, 0.25) is 0 Å². The fraction of sp³-hybridized carbons (Fsp3) is 0.462. The van der Waals surface area contributed by atoms with Crippen molar-refractivity contribution in [3.63, 3.8) is 0 Å². The van der Waals surface area contributed by atoms with Gasteiger partial charge in [-0.15, -0.1) is 5.92 Å². The Hall–Kier alpha value is -1.23. The maximum absolute atomic E-state index is 12.3. The van der Waals surface area contributed by atoms with E-state index in [-0.39, 0.29) is 16.9 Å². The van der Waals surface area contributed by atoms with Crippen molar-refractivity contribution in [2.75, 3.05) is 19.7 Å². The molecular weight excluding hydrogens is 296 g/mol. The van der Waals surface area contributed by atoms with Gasteiger partial charge in [0.2, 0.25) is 0 Å². The molecule has 1 atom stereocenters. The maximum atomic E-state index is 12.3. The van der Waals surface area contributed by atoms with Crippen LogP contribution in [0.25, 0.3) is 0 Å². The topological polar surface area (TPSA) is 59.5 Å². The Morgan fingerprint density at radius 3 is 2.90 bits per heavy atom. The first kappa shape index (κ1) is 15.2. The lowest BCUT2D eigenvalue weighted by Crippen LogP contribution is -2.29. The molecule has 0 N–H and O–H groups in total. The first-order valence-electron chi connectivity index (χ1n) is 6.20. The van der Waals surface area contributed by atoms with Crippen LogP contribution in [0.5, 0.6) is 5.75 Å². The number of aromatic nitrogens is 1. The highest BCUT2D eigenvalue weighted by Gasteiger charge is 2.31. The number of sulfonamides is 1. The van der Waals surface area contributed by atoms with Gasteiger partial charge in [0.25, 0.3) is 10.0 Å². The van der Waals surface area contributed by atoms with E-state index in [2.05, 4.69) is 29.5 Å². The fourth-order valence-corrected chi connectivity index (χ4v) is 3.69. The Kier molecular flexibility index (Phi) is 4.91. The average molecular weight is 312 g/mol. The van der Waals surface area contributed by atoms with Crippen LogP contribution >= 0.6 is 12.6 Å². The van der Waals surface area contributed by atoms with Crippen molar-refractivity contribution in [1.82, 2.24) is 9.29 Å². The van der Waals surface area contributed by atoms with Crippen LogP contribution in [0, 0.1) is 11.8 Å². The molecule has 1 fully saturated rings. The largest absolute Gasteiger partial charge is 0.479 e. The molecule has 0 saturated carbocycles. The minimum Gasteiger partial charge on any atom is -0.479 e. The Balaban J connectivity index is 2.10. The highest BCUT2D eigenvalue weighted by Crippen LogP contribution is 2.23. The van der Waals surface area contributed by atoms with Crippen molar-refractivity contribution in [1.29, 1.82) is 0 Å². The zero-order valence-corrected chi connectivity index (χ0v) is 12.8. The normalized spacial score (nSPS) is 19.4. The van der Waals surface area contributed by atoms with E-state index in [1.165, 1.54) is 16.6 Å². The van der Waals surface area contributed by atoms with Gasteiger partial charge in [0.1, 0.15) is 12.4 Å². The van der Waals surface area contributed by atoms with E-state index >= 15 is 0 Å². The Morgan fingerprint density at radius 2 is 2.35 bits per heavy atom. The molecule has 20 heavy (non-hydrogen) atoms. The molecule has 2 rings (SSSR count). The van der Waals surface area contributed by atoms with Gasteiger partial charge in [-0.1, -0.05) is 5.92 Å². The molecule has 0 radical (unpaired) electrons. The first-order chi connectivity index (χ1) is 9.54. The van der Waals surface area contributed by atoms with Crippen molar-refractivity contribution in [3.05, 3.63) is 18.3 Å².